The highest BCUT2D eigenvalue weighted by molar-refractivity contribution is 7.98. The van der Waals surface area contributed by atoms with Crippen LogP contribution in [0.1, 0.15) is 26.5 Å². The van der Waals surface area contributed by atoms with E-state index in [1.165, 1.54) is 5.69 Å². The summed E-state index contributed by atoms with van der Waals surface area (Å²) in [5.41, 5.74) is 2.46. The molecular formula is C14H25N3S. The van der Waals surface area contributed by atoms with E-state index in [1.54, 1.807) is 0 Å². The average Bonchev–Trinajstić information content (AvgIpc) is 2.33. The van der Waals surface area contributed by atoms with E-state index < -0.39 is 0 Å². The molecule has 0 saturated heterocycles. The van der Waals surface area contributed by atoms with Crippen molar-refractivity contribution in [3.05, 3.63) is 24.0 Å². The third-order valence-corrected chi connectivity index (χ3v) is 3.26. The average molecular weight is 267 g/mol. The minimum absolute atomic E-state index is 0.127. The van der Waals surface area contributed by atoms with Crippen LogP contribution in [-0.4, -0.2) is 36.1 Å². The lowest BCUT2D eigenvalue weighted by Crippen LogP contribution is -2.35. The van der Waals surface area contributed by atoms with Crippen molar-refractivity contribution in [3.8, 4) is 0 Å². The van der Waals surface area contributed by atoms with Crippen LogP contribution in [0.25, 0.3) is 0 Å². The second kappa shape index (κ2) is 7.00. The number of rotatable bonds is 6. The van der Waals surface area contributed by atoms with Gasteiger partial charge in [-0.05, 0) is 39.2 Å². The molecule has 0 unspecified atom stereocenters. The molecule has 3 nitrogen and oxygen atoms in total. The van der Waals surface area contributed by atoms with Gasteiger partial charge in [0.25, 0.3) is 0 Å². The Morgan fingerprint density at radius 3 is 2.72 bits per heavy atom. The van der Waals surface area contributed by atoms with E-state index in [9.17, 15) is 0 Å². The maximum absolute atomic E-state index is 4.41. The zero-order valence-electron chi connectivity index (χ0n) is 12.2. The molecule has 0 spiro atoms. The predicted molar refractivity (Wildman–Crippen MR) is 82.5 cm³/mol. The van der Waals surface area contributed by atoms with Crippen LogP contribution in [-0.2, 0) is 6.54 Å². The number of pyridine rings is 1. The first-order valence-electron chi connectivity index (χ1n) is 6.32. The minimum atomic E-state index is 0.127. The molecule has 0 aromatic carbocycles. The molecule has 1 aromatic heterocycles. The zero-order chi connectivity index (χ0) is 13.6. The summed E-state index contributed by atoms with van der Waals surface area (Å²) in [7, 11) is 2.13. The van der Waals surface area contributed by atoms with Crippen molar-refractivity contribution < 1.29 is 0 Å². The van der Waals surface area contributed by atoms with Crippen molar-refractivity contribution in [2.75, 3.05) is 30.5 Å². The Balaban J connectivity index is 2.61. The van der Waals surface area contributed by atoms with Gasteiger partial charge in [0.1, 0.15) is 0 Å². The summed E-state index contributed by atoms with van der Waals surface area (Å²) >= 11 is 1.87. The number of hydrogen-bond donors (Lipinski definition) is 1. The van der Waals surface area contributed by atoms with Gasteiger partial charge in [-0.2, -0.15) is 11.8 Å². The summed E-state index contributed by atoms with van der Waals surface area (Å²) in [6.07, 6.45) is 4.03. The summed E-state index contributed by atoms with van der Waals surface area (Å²) in [4.78, 5) is 6.69. The largest absolute Gasteiger partial charge is 0.374 e. The highest BCUT2D eigenvalue weighted by Crippen LogP contribution is 2.14. The highest BCUT2D eigenvalue weighted by atomic mass is 32.2. The molecule has 0 aliphatic heterocycles. The smallest absolute Gasteiger partial charge is 0.0562 e. The zero-order valence-corrected chi connectivity index (χ0v) is 13.0. The van der Waals surface area contributed by atoms with Crippen molar-refractivity contribution in [3.63, 3.8) is 0 Å². The third kappa shape index (κ3) is 5.74. The number of hydrogen-bond acceptors (Lipinski definition) is 4. The Morgan fingerprint density at radius 1 is 1.39 bits per heavy atom. The van der Waals surface area contributed by atoms with E-state index in [0.29, 0.717) is 0 Å². The van der Waals surface area contributed by atoms with Crippen molar-refractivity contribution >= 4 is 17.4 Å². The van der Waals surface area contributed by atoms with Gasteiger partial charge in [-0.3, -0.25) is 4.98 Å². The molecule has 18 heavy (non-hydrogen) atoms. The molecule has 0 atom stereocenters. The molecule has 0 saturated carbocycles. The van der Waals surface area contributed by atoms with Gasteiger partial charge in [-0.15, -0.1) is 0 Å². The first-order valence-corrected chi connectivity index (χ1v) is 7.72. The first kappa shape index (κ1) is 15.3. The lowest BCUT2D eigenvalue weighted by molar-refractivity contribution is 0.421. The van der Waals surface area contributed by atoms with Crippen LogP contribution in [0.2, 0.25) is 0 Å². The quantitative estimate of drug-likeness (QED) is 0.858. The second-order valence-corrected chi connectivity index (χ2v) is 6.51. The van der Waals surface area contributed by atoms with Crippen molar-refractivity contribution in [1.29, 1.82) is 0 Å². The Bertz CT molecular complexity index is 360. The lowest BCUT2D eigenvalue weighted by atomic mass is 10.1. The van der Waals surface area contributed by atoms with E-state index in [1.807, 2.05) is 18.0 Å². The number of thioether (sulfide) groups is 1. The molecule has 102 valence electrons. The number of nitrogens with zero attached hydrogens (tertiary/aromatic N) is 2. The van der Waals surface area contributed by atoms with Gasteiger partial charge >= 0.3 is 0 Å². The van der Waals surface area contributed by atoms with Gasteiger partial charge in [0.05, 0.1) is 5.69 Å². The van der Waals surface area contributed by atoms with Gasteiger partial charge < -0.3 is 10.2 Å². The van der Waals surface area contributed by atoms with Gasteiger partial charge in [0.2, 0.25) is 0 Å². The fraction of sp³-hybridized carbons (Fsp3) is 0.643. The summed E-state index contributed by atoms with van der Waals surface area (Å²) in [6.45, 7) is 8.38. The standard InChI is InChI=1S/C14H25N3S/c1-14(2,3)16-11-12-10-13(6-7-15-12)17(4)8-9-18-5/h6-7,10,16H,8-9,11H2,1-5H3. The van der Waals surface area contributed by atoms with Gasteiger partial charge in [0.15, 0.2) is 0 Å². The monoisotopic (exact) mass is 267 g/mol. The summed E-state index contributed by atoms with van der Waals surface area (Å²) < 4.78 is 0. The topological polar surface area (TPSA) is 28.2 Å². The fourth-order valence-corrected chi connectivity index (χ4v) is 1.97. The molecular weight excluding hydrogens is 242 g/mol. The minimum Gasteiger partial charge on any atom is -0.374 e. The molecule has 0 fully saturated rings. The Kier molecular flexibility index (Phi) is 5.96. The maximum Gasteiger partial charge on any atom is 0.0562 e. The van der Waals surface area contributed by atoms with E-state index in [4.69, 9.17) is 0 Å². The molecule has 1 rings (SSSR count). The number of nitrogens with one attached hydrogen (secondary N) is 1. The summed E-state index contributed by atoms with van der Waals surface area (Å²) in [6, 6.07) is 4.24. The van der Waals surface area contributed by atoms with Crippen LogP contribution >= 0.6 is 11.8 Å². The highest BCUT2D eigenvalue weighted by Gasteiger charge is 2.09. The van der Waals surface area contributed by atoms with Crippen molar-refractivity contribution in [2.24, 2.45) is 0 Å². The Morgan fingerprint density at radius 2 is 2.11 bits per heavy atom. The van der Waals surface area contributed by atoms with E-state index in [0.717, 1.165) is 24.5 Å². The summed E-state index contributed by atoms with van der Waals surface area (Å²) in [5.74, 6) is 1.15. The molecule has 0 bridgehead atoms. The molecule has 0 radical (unpaired) electrons. The predicted octanol–water partition coefficient (Wildman–Crippen LogP) is 2.77. The van der Waals surface area contributed by atoms with E-state index >= 15 is 0 Å². The van der Waals surface area contributed by atoms with Gasteiger partial charge in [-0.25, -0.2) is 0 Å². The van der Waals surface area contributed by atoms with Crippen molar-refractivity contribution in [2.45, 2.75) is 32.9 Å². The van der Waals surface area contributed by atoms with Crippen LogP contribution < -0.4 is 10.2 Å². The molecule has 0 aliphatic rings. The second-order valence-electron chi connectivity index (χ2n) is 5.52. The van der Waals surface area contributed by atoms with Crippen LogP contribution in [0.4, 0.5) is 5.69 Å². The fourth-order valence-electron chi connectivity index (χ4n) is 1.51. The summed E-state index contributed by atoms with van der Waals surface area (Å²) in [5, 5.41) is 3.46. The van der Waals surface area contributed by atoms with Crippen molar-refractivity contribution in [1.82, 2.24) is 10.3 Å². The lowest BCUT2D eigenvalue weighted by Gasteiger charge is -2.22. The molecule has 4 heteroatoms. The molecule has 1 aromatic rings. The molecule has 0 aliphatic carbocycles. The SMILES string of the molecule is CSCCN(C)c1ccnc(CNC(C)(C)C)c1. The first-order chi connectivity index (χ1) is 8.42. The maximum atomic E-state index is 4.41. The number of anilines is 1. The number of aromatic nitrogens is 1. The molecule has 1 heterocycles. The normalized spacial score (nSPS) is 11.6. The van der Waals surface area contributed by atoms with Crippen LogP contribution in [0.15, 0.2) is 18.3 Å². The van der Waals surface area contributed by atoms with Crippen LogP contribution in [0.3, 0.4) is 0 Å². The van der Waals surface area contributed by atoms with E-state index in [-0.39, 0.29) is 5.54 Å². The van der Waals surface area contributed by atoms with E-state index in [2.05, 4.69) is 61.4 Å². The van der Waals surface area contributed by atoms with Crippen LogP contribution in [0.5, 0.6) is 0 Å². The van der Waals surface area contributed by atoms with Crippen LogP contribution in [0, 0.1) is 0 Å². The Labute approximate surface area is 115 Å². The van der Waals surface area contributed by atoms with Gasteiger partial charge in [-0.1, -0.05) is 0 Å². The third-order valence-electron chi connectivity index (χ3n) is 2.67. The Hall–Kier alpha value is -0.740. The van der Waals surface area contributed by atoms with Gasteiger partial charge in [0, 0.05) is 43.3 Å². The molecule has 0 amide bonds. The molecule has 1 N–H and O–H groups in total.